The van der Waals surface area contributed by atoms with Crippen LogP contribution in [0, 0.1) is 0 Å². The van der Waals surface area contributed by atoms with E-state index in [1.807, 2.05) is 60.7 Å². The molecular weight excluding hydrogens is 398 g/mol. The first-order valence-electron chi connectivity index (χ1n) is 10.1. The number of carbonyl (C=O) groups excluding carboxylic acids is 1. The molecule has 31 heavy (non-hydrogen) atoms. The lowest BCUT2D eigenvalue weighted by molar-refractivity contribution is -0.237. The molecule has 1 aliphatic rings. The highest BCUT2D eigenvalue weighted by Gasteiger charge is 2.45. The van der Waals surface area contributed by atoms with Crippen LogP contribution >= 0.6 is 0 Å². The van der Waals surface area contributed by atoms with E-state index >= 15 is 0 Å². The number of carbonyl (C=O) groups is 1. The number of aliphatic hydroxyl groups excluding tert-OH is 1. The van der Waals surface area contributed by atoms with Crippen LogP contribution in [0.25, 0.3) is 10.4 Å². The van der Waals surface area contributed by atoms with Gasteiger partial charge in [0.15, 0.2) is 6.29 Å². The van der Waals surface area contributed by atoms with Gasteiger partial charge in [-0.3, -0.25) is 4.90 Å². The van der Waals surface area contributed by atoms with Crippen LogP contribution in [0.3, 0.4) is 0 Å². The van der Waals surface area contributed by atoms with Gasteiger partial charge in [0.05, 0.1) is 12.1 Å². The van der Waals surface area contributed by atoms with Crippen molar-refractivity contribution in [3.05, 3.63) is 82.2 Å². The normalized spacial score (nSPS) is 24.0. The molecule has 9 heteroatoms. The molecule has 1 saturated heterocycles. The lowest BCUT2D eigenvalue weighted by Crippen LogP contribution is -2.64. The average molecular weight is 425 g/mol. The molecule has 0 radical (unpaired) electrons. The van der Waals surface area contributed by atoms with Crippen LogP contribution < -0.4 is 5.73 Å². The number of nitrogens with zero attached hydrogens (tertiary/aromatic N) is 4. The third kappa shape index (κ3) is 5.74. The first kappa shape index (κ1) is 22.6. The zero-order valence-corrected chi connectivity index (χ0v) is 17.4. The van der Waals surface area contributed by atoms with Gasteiger partial charge in [-0.2, -0.15) is 0 Å². The predicted molar refractivity (Wildman–Crippen MR) is 114 cm³/mol. The minimum absolute atomic E-state index is 0.123. The van der Waals surface area contributed by atoms with E-state index in [9.17, 15) is 9.90 Å². The zero-order valence-electron chi connectivity index (χ0n) is 17.4. The second kappa shape index (κ2) is 10.3. The molecule has 2 unspecified atom stereocenters. The topological polar surface area (TPSA) is 134 Å². The summed E-state index contributed by atoms with van der Waals surface area (Å²) in [4.78, 5) is 17.3. The van der Waals surface area contributed by atoms with E-state index in [1.54, 1.807) is 6.92 Å². The number of aliphatic hydroxyl groups is 1. The Morgan fingerprint density at radius 1 is 1.29 bits per heavy atom. The fourth-order valence-electron chi connectivity index (χ4n) is 3.57. The molecule has 0 spiro atoms. The molecule has 9 nitrogen and oxygen atoms in total. The Labute approximate surface area is 181 Å². The van der Waals surface area contributed by atoms with Crippen molar-refractivity contribution in [1.82, 2.24) is 4.90 Å². The van der Waals surface area contributed by atoms with Gasteiger partial charge in [0.2, 0.25) is 0 Å². The van der Waals surface area contributed by atoms with Crippen molar-refractivity contribution in [3.8, 4) is 0 Å². The van der Waals surface area contributed by atoms with Crippen LogP contribution in [0.15, 0.2) is 65.8 Å². The molecule has 3 rings (SSSR count). The van der Waals surface area contributed by atoms with Gasteiger partial charge in [0, 0.05) is 11.5 Å². The molecule has 1 amide bonds. The number of benzene rings is 2. The van der Waals surface area contributed by atoms with E-state index in [2.05, 4.69) is 10.0 Å². The van der Waals surface area contributed by atoms with E-state index in [0.29, 0.717) is 12.8 Å². The second-order valence-electron chi connectivity index (χ2n) is 7.60. The van der Waals surface area contributed by atoms with Gasteiger partial charge in [0.25, 0.3) is 0 Å². The summed E-state index contributed by atoms with van der Waals surface area (Å²) < 4.78 is 11.2. The third-order valence-corrected chi connectivity index (χ3v) is 5.51. The summed E-state index contributed by atoms with van der Waals surface area (Å²) in [6.45, 7) is 2.14. The van der Waals surface area contributed by atoms with Crippen molar-refractivity contribution in [2.45, 2.75) is 57.0 Å². The molecule has 1 aliphatic heterocycles. The van der Waals surface area contributed by atoms with Crippen LogP contribution in [0.2, 0.25) is 0 Å². The van der Waals surface area contributed by atoms with E-state index in [1.165, 1.54) is 4.90 Å². The standard InChI is InChI=1S/C22H27N5O4/c1-16(22(23)13-12-19(25-26-24)20(28)31-22)27(14-17-8-4-2-5-9-17)21(29)30-15-18-10-6-3-7-11-18/h2-11,16,19-20,28H,12-15,23H2,1H3/t16-,19?,20?,22-/m0/s1. The number of hydrogen-bond acceptors (Lipinski definition) is 6. The molecule has 0 bridgehead atoms. The van der Waals surface area contributed by atoms with E-state index in [4.69, 9.17) is 20.7 Å². The van der Waals surface area contributed by atoms with E-state index in [0.717, 1.165) is 11.1 Å². The Kier molecular flexibility index (Phi) is 7.49. The fourth-order valence-corrected chi connectivity index (χ4v) is 3.57. The van der Waals surface area contributed by atoms with Gasteiger partial charge in [-0.15, -0.1) is 0 Å². The summed E-state index contributed by atoms with van der Waals surface area (Å²) in [7, 11) is 0. The molecule has 0 saturated carbocycles. The smallest absolute Gasteiger partial charge is 0.410 e. The highest BCUT2D eigenvalue weighted by Crippen LogP contribution is 2.32. The minimum Gasteiger partial charge on any atom is -0.445 e. The molecule has 1 fully saturated rings. The summed E-state index contributed by atoms with van der Waals surface area (Å²) in [5.41, 5.74) is 15.6. The Balaban J connectivity index is 1.77. The maximum atomic E-state index is 13.1. The molecule has 0 aromatic heterocycles. The molecule has 2 aromatic rings. The van der Waals surface area contributed by atoms with Crippen LogP contribution in [-0.2, 0) is 22.6 Å². The summed E-state index contributed by atoms with van der Waals surface area (Å²) in [5.74, 6) is 0. The van der Waals surface area contributed by atoms with E-state index < -0.39 is 30.2 Å². The molecule has 0 aliphatic carbocycles. The van der Waals surface area contributed by atoms with Gasteiger partial charge in [-0.25, -0.2) is 4.79 Å². The first-order chi connectivity index (χ1) is 14.9. The Morgan fingerprint density at radius 3 is 2.48 bits per heavy atom. The summed E-state index contributed by atoms with van der Waals surface area (Å²) in [6.07, 6.45) is -1.26. The van der Waals surface area contributed by atoms with Crippen molar-refractivity contribution in [2.24, 2.45) is 10.8 Å². The Hall–Kier alpha value is -3.10. The summed E-state index contributed by atoms with van der Waals surface area (Å²) >= 11 is 0. The number of amides is 1. The molecule has 2 aromatic carbocycles. The second-order valence-corrected chi connectivity index (χ2v) is 7.60. The third-order valence-electron chi connectivity index (χ3n) is 5.51. The van der Waals surface area contributed by atoms with Gasteiger partial charge in [0.1, 0.15) is 12.3 Å². The zero-order chi connectivity index (χ0) is 22.3. The quantitative estimate of drug-likeness (QED) is 0.396. The summed E-state index contributed by atoms with van der Waals surface area (Å²) in [5, 5.41) is 13.8. The van der Waals surface area contributed by atoms with Crippen molar-refractivity contribution in [3.63, 3.8) is 0 Å². The van der Waals surface area contributed by atoms with Gasteiger partial charge < -0.3 is 20.3 Å². The highest BCUT2D eigenvalue weighted by atomic mass is 16.6. The highest BCUT2D eigenvalue weighted by molar-refractivity contribution is 5.68. The van der Waals surface area contributed by atoms with Gasteiger partial charge >= 0.3 is 6.09 Å². The largest absolute Gasteiger partial charge is 0.445 e. The average Bonchev–Trinajstić information content (AvgIpc) is 2.79. The van der Waals surface area contributed by atoms with Crippen LogP contribution in [0.5, 0.6) is 0 Å². The predicted octanol–water partition coefficient (Wildman–Crippen LogP) is 3.68. The number of nitrogens with two attached hydrogens (primary N) is 1. The maximum absolute atomic E-state index is 13.1. The minimum atomic E-state index is -1.35. The van der Waals surface area contributed by atoms with Crippen molar-refractivity contribution in [1.29, 1.82) is 0 Å². The van der Waals surface area contributed by atoms with Crippen LogP contribution in [0.1, 0.15) is 30.9 Å². The van der Waals surface area contributed by atoms with Crippen LogP contribution in [-0.4, -0.2) is 40.2 Å². The molecule has 164 valence electrons. The molecular formula is C22H27N5O4. The Bertz CT molecular complexity index is 907. The molecule has 4 atom stereocenters. The lowest BCUT2D eigenvalue weighted by Gasteiger charge is -2.46. The van der Waals surface area contributed by atoms with Gasteiger partial charge in [-0.1, -0.05) is 65.8 Å². The number of rotatable bonds is 7. The number of hydrogen-bond donors (Lipinski definition) is 2. The van der Waals surface area contributed by atoms with Crippen molar-refractivity contribution < 1.29 is 19.4 Å². The molecule has 3 N–H and O–H groups in total. The Morgan fingerprint density at radius 2 is 1.90 bits per heavy atom. The summed E-state index contributed by atoms with van der Waals surface area (Å²) in [6, 6.07) is 17.5. The first-order valence-corrected chi connectivity index (χ1v) is 10.1. The SMILES string of the molecule is C[C@H](N(Cc1ccccc1)C(=O)OCc1ccccc1)[C@]1(N)CCC(N=[N+]=[N-])C(O)O1. The van der Waals surface area contributed by atoms with E-state index in [-0.39, 0.29) is 13.2 Å². The maximum Gasteiger partial charge on any atom is 0.410 e. The van der Waals surface area contributed by atoms with Gasteiger partial charge in [-0.05, 0) is 36.4 Å². The number of ether oxygens (including phenoxy) is 2. The lowest BCUT2D eigenvalue weighted by atomic mass is 9.92. The monoisotopic (exact) mass is 425 g/mol. The van der Waals surface area contributed by atoms with Crippen molar-refractivity contribution >= 4 is 6.09 Å². The molecule has 1 heterocycles. The number of azide groups is 1. The van der Waals surface area contributed by atoms with Crippen molar-refractivity contribution in [2.75, 3.05) is 0 Å². The fraction of sp³-hybridized carbons (Fsp3) is 0.409. The van der Waals surface area contributed by atoms with Crippen LogP contribution in [0.4, 0.5) is 4.79 Å².